The van der Waals surface area contributed by atoms with E-state index in [9.17, 15) is 14.9 Å². The normalized spacial score (nSPS) is 15.7. The highest BCUT2D eigenvalue weighted by Crippen LogP contribution is 2.35. The van der Waals surface area contributed by atoms with Crippen molar-refractivity contribution in [2.45, 2.75) is 12.5 Å². The van der Waals surface area contributed by atoms with Gasteiger partial charge in [0.1, 0.15) is 5.58 Å². The fraction of sp³-hybridized carbons (Fsp3) is 0.0833. The molecule has 1 aromatic heterocycles. The number of nitro benzene ring substituents is 1. The Morgan fingerprint density at radius 1 is 1.06 bits per heavy atom. The number of hydrogen-bond donors (Lipinski definition) is 0. The summed E-state index contributed by atoms with van der Waals surface area (Å²) in [6.45, 7) is 0. The van der Waals surface area contributed by atoms with Gasteiger partial charge < -0.3 is 4.42 Å². The van der Waals surface area contributed by atoms with Crippen molar-refractivity contribution < 1.29 is 14.1 Å². The molecule has 0 saturated heterocycles. The average Bonchev–Trinajstić information content (AvgIpc) is 3.44. The van der Waals surface area contributed by atoms with Gasteiger partial charge in [0.2, 0.25) is 0 Å². The summed E-state index contributed by atoms with van der Waals surface area (Å²) in [4.78, 5) is 24.0. The number of carbonyl (C=O) groups excluding carboxylic acids is 1. The second-order valence-electron chi connectivity index (χ2n) is 7.42. The molecule has 0 spiro atoms. The minimum Gasteiger partial charge on any atom is -0.451 e. The van der Waals surface area contributed by atoms with Crippen molar-refractivity contribution in [1.29, 1.82) is 0 Å². The molecule has 32 heavy (non-hydrogen) atoms. The van der Waals surface area contributed by atoms with E-state index in [0.717, 1.165) is 22.2 Å². The van der Waals surface area contributed by atoms with Crippen molar-refractivity contribution in [2.24, 2.45) is 5.10 Å². The molecule has 0 aliphatic carbocycles. The summed E-state index contributed by atoms with van der Waals surface area (Å²) >= 11 is 6.01. The number of halogens is 1. The number of benzene rings is 3. The number of nitro groups is 1. The maximum Gasteiger partial charge on any atom is 0.310 e. The van der Waals surface area contributed by atoms with Crippen LogP contribution in [0.15, 0.2) is 88.4 Å². The number of hydrazone groups is 1. The van der Waals surface area contributed by atoms with Gasteiger partial charge in [0, 0.05) is 29.0 Å². The third-order valence-corrected chi connectivity index (χ3v) is 5.67. The van der Waals surface area contributed by atoms with E-state index in [2.05, 4.69) is 5.10 Å². The number of rotatable bonds is 4. The highest BCUT2D eigenvalue weighted by atomic mass is 35.5. The zero-order valence-electron chi connectivity index (χ0n) is 16.6. The molecule has 0 bridgehead atoms. The van der Waals surface area contributed by atoms with Crippen LogP contribution in [0.1, 0.15) is 34.1 Å². The predicted molar refractivity (Wildman–Crippen MR) is 121 cm³/mol. The third-order valence-electron chi connectivity index (χ3n) is 5.42. The van der Waals surface area contributed by atoms with Crippen molar-refractivity contribution >= 4 is 39.9 Å². The Hall–Kier alpha value is -3.97. The Morgan fingerprint density at radius 2 is 1.78 bits per heavy atom. The maximum absolute atomic E-state index is 13.4. The van der Waals surface area contributed by atoms with Gasteiger partial charge in [0.25, 0.3) is 5.69 Å². The van der Waals surface area contributed by atoms with Crippen LogP contribution in [-0.4, -0.2) is 21.6 Å². The molecule has 4 aromatic rings. The van der Waals surface area contributed by atoms with E-state index in [1.54, 1.807) is 36.4 Å². The van der Waals surface area contributed by atoms with Gasteiger partial charge in [-0.3, -0.25) is 14.9 Å². The Kier molecular flexibility index (Phi) is 4.95. The fourth-order valence-corrected chi connectivity index (χ4v) is 3.92. The van der Waals surface area contributed by atoms with E-state index in [4.69, 9.17) is 16.0 Å². The molecule has 7 nitrogen and oxygen atoms in total. The molecule has 0 fully saturated rings. The van der Waals surface area contributed by atoms with Gasteiger partial charge in [-0.15, -0.1) is 0 Å². The summed E-state index contributed by atoms with van der Waals surface area (Å²) in [6.07, 6.45) is 0.450. The van der Waals surface area contributed by atoms with Crippen LogP contribution in [0.3, 0.4) is 0 Å². The van der Waals surface area contributed by atoms with Crippen molar-refractivity contribution in [3.05, 3.63) is 111 Å². The second-order valence-corrected chi connectivity index (χ2v) is 7.86. The molecule has 1 atom stereocenters. The van der Waals surface area contributed by atoms with Gasteiger partial charge in [-0.1, -0.05) is 54.1 Å². The van der Waals surface area contributed by atoms with Crippen molar-refractivity contribution in [1.82, 2.24) is 5.01 Å². The standard InChI is InChI=1S/C24H16ClN3O4/c25-18-9-5-15(6-10-18)20-14-21(16-7-11-19(12-8-16)28(30)31)27(26-20)24(29)23-13-17-3-1-2-4-22(17)32-23/h1-13,21H,14H2. The molecular weight excluding hydrogens is 430 g/mol. The molecule has 0 radical (unpaired) electrons. The van der Waals surface area contributed by atoms with Crippen LogP contribution in [-0.2, 0) is 0 Å². The first-order valence-corrected chi connectivity index (χ1v) is 10.3. The number of carbonyl (C=O) groups is 1. The number of para-hydroxylation sites is 1. The topological polar surface area (TPSA) is 89.0 Å². The highest BCUT2D eigenvalue weighted by Gasteiger charge is 2.35. The molecule has 1 amide bonds. The van der Waals surface area contributed by atoms with Crippen LogP contribution < -0.4 is 0 Å². The summed E-state index contributed by atoms with van der Waals surface area (Å²) in [6, 6.07) is 22.1. The molecule has 3 aromatic carbocycles. The van der Waals surface area contributed by atoms with E-state index < -0.39 is 11.0 Å². The van der Waals surface area contributed by atoms with Crippen LogP contribution in [0.4, 0.5) is 5.69 Å². The summed E-state index contributed by atoms with van der Waals surface area (Å²) in [7, 11) is 0. The molecule has 1 unspecified atom stereocenters. The third kappa shape index (κ3) is 3.63. The molecule has 2 heterocycles. The largest absolute Gasteiger partial charge is 0.451 e. The lowest BCUT2D eigenvalue weighted by atomic mass is 9.98. The summed E-state index contributed by atoms with van der Waals surface area (Å²) < 4.78 is 5.77. The number of amides is 1. The van der Waals surface area contributed by atoms with E-state index in [0.29, 0.717) is 17.0 Å². The number of furan rings is 1. The number of fused-ring (bicyclic) bond motifs is 1. The molecule has 1 aliphatic rings. The first kappa shape index (κ1) is 20.0. The van der Waals surface area contributed by atoms with Crippen LogP contribution in [0.5, 0.6) is 0 Å². The Labute approximate surface area is 187 Å². The average molecular weight is 446 g/mol. The van der Waals surface area contributed by atoms with Gasteiger partial charge >= 0.3 is 5.91 Å². The lowest BCUT2D eigenvalue weighted by Gasteiger charge is -2.21. The minimum absolute atomic E-state index is 0.0132. The lowest BCUT2D eigenvalue weighted by molar-refractivity contribution is -0.384. The first-order chi connectivity index (χ1) is 15.5. The SMILES string of the molecule is O=C(c1cc2ccccc2o1)N1N=C(c2ccc(Cl)cc2)CC1c1ccc([N+](=O)[O-])cc1. The molecule has 158 valence electrons. The smallest absolute Gasteiger partial charge is 0.310 e. The zero-order valence-corrected chi connectivity index (χ0v) is 17.4. The molecule has 8 heteroatoms. The Bertz CT molecular complexity index is 1330. The van der Waals surface area contributed by atoms with Crippen LogP contribution in [0.25, 0.3) is 11.0 Å². The van der Waals surface area contributed by atoms with E-state index >= 15 is 0 Å². The number of nitrogens with zero attached hydrogens (tertiary/aromatic N) is 3. The van der Waals surface area contributed by atoms with Gasteiger partial charge in [0.05, 0.1) is 16.7 Å². The summed E-state index contributed by atoms with van der Waals surface area (Å²) in [5.74, 6) is -0.201. The Morgan fingerprint density at radius 3 is 2.47 bits per heavy atom. The van der Waals surface area contributed by atoms with Crippen LogP contribution in [0.2, 0.25) is 5.02 Å². The maximum atomic E-state index is 13.4. The zero-order chi connectivity index (χ0) is 22.2. The molecule has 0 N–H and O–H groups in total. The number of non-ortho nitro benzene ring substituents is 1. The lowest BCUT2D eigenvalue weighted by Crippen LogP contribution is -2.26. The van der Waals surface area contributed by atoms with Gasteiger partial charge in [-0.25, -0.2) is 5.01 Å². The Balaban J connectivity index is 1.54. The van der Waals surface area contributed by atoms with Gasteiger partial charge in [0.15, 0.2) is 5.76 Å². The molecular formula is C24H16ClN3O4. The quantitative estimate of drug-likeness (QED) is 0.285. The van der Waals surface area contributed by atoms with Crippen molar-refractivity contribution in [2.75, 3.05) is 0 Å². The highest BCUT2D eigenvalue weighted by molar-refractivity contribution is 6.30. The van der Waals surface area contributed by atoms with Gasteiger partial charge in [-0.05, 0) is 35.4 Å². The van der Waals surface area contributed by atoms with E-state index in [1.165, 1.54) is 17.1 Å². The number of hydrogen-bond acceptors (Lipinski definition) is 5. The van der Waals surface area contributed by atoms with Crippen molar-refractivity contribution in [3.8, 4) is 0 Å². The first-order valence-electron chi connectivity index (χ1n) is 9.89. The fourth-order valence-electron chi connectivity index (χ4n) is 3.79. The predicted octanol–water partition coefficient (Wildman–Crippen LogP) is 5.99. The van der Waals surface area contributed by atoms with Crippen molar-refractivity contribution in [3.63, 3.8) is 0 Å². The molecule has 0 saturated carbocycles. The summed E-state index contributed by atoms with van der Waals surface area (Å²) in [5.41, 5.74) is 2.91. The molecule has 5 rings (SSSR count). The van der Waals surface area contributed by atoms with Gasteiger partial charge in [-0.2, -0.15) is 5.10 Å². The second kappa shape index (κ2) is 7.94. The van der Waals surface area contributed by atoms with E-state index in [-0.39, 0.29) is 17.4 Å². The molecule has 1 aliphatic heterocycles. The minimum atomic E-state index is -0.453. The monoisotopic (exact) mass is 445 g/mol. The van der Waals surface area contributed by atoms with Crippen LogP contribution in [0, 0.1) is 10.1 Å². The van der Waals surface area contributed by atoms with E-state index in [1.807, 2.05) is 30.3 Å². The van der Waals surface area contributed by atoms with Crippen LogP contribution >= 0.6 is 11.6 Å². The summed E-state index contributed by atoms with van der Waals surface area (Å²) in [5, 5.41) is 18.5.